The van der Waals surface area contributed by atoms with Crippen LogP contribution < -0.4 is 10.5 Å². The van der Waals surface area contributed by atoms with E-state index in [1.54, 1.807) is 0 Å². The fourth-order valence-corrected chi connectivity index (χ4v) is 6.11. The van der Waals surface area contributed by atoms with Crippen LogP contribution in [0, 0.1) is 5.92 Å². The molecule has 3 N–H and O–H groups in total. The van der Waals surface area contributed by atoms with Crippen molar-refractivity contribution in [3.8, 4) is 5.75 Å². The number of aromatic nitrogens is 1. The monoisotopic (exact) mass is 524 g/mol. The second-order valence-corrected chi connectivity index (χ2v) is 10.8. The maximum atomic E-state index is 13.6. The summed E-state index contributed by atoms with van der Waals surface area (Å²) in [5.41, 5.74) is 9.05. The van der Waals surface area contributed by atoms with Gasteiger partial charge in [0.2, 0.25) is 5.91 Å². The van der Waals surface area contributed by atoms with Crippen molar-refractivity contribution in [2.45, 2.75) is 63.8 Å². The number of ether oxygens (including phenoxy) is 1. The number of aryl methyl sites for hydroxylation is 2. The molecule has 4 rings (SSSR count). The summed E-state index contributed by atoms with van der Waals surface area (Å²) in [6.07, 6.45) is 8.09. The zero-order valence-electron chi connectivity index (χ0n) is 23.0. The number of carboxylic acid groups (broad SMARTS) is 1. The first-order valence-electron chi connectivity index (χ1n) is 14.2. The third-order valence-electron chi connectivity index (χ3n) is 8.28. The molecule has 1 aromatic heterocycles. The molecule has 2 aromatic rings. The Balaban J connectivity index is 1.58. The molecule has 1 aromatic carbocycles. The predicted molar refractivity (Wildman–Crippen MR) is 148 cm³/mol. The van der Waals surface area contributed by atoms with Gasteiger partial charge in [0, 0.05) is 57.0 Å². The fourth-order valence-electron chi connectivity index (χ4n) is 6.11. The van der Waals surface area contributed by atoms with Crippen molar-refractivity contribution >= 4 is 11.9 Å². The number of fused-ring (bicyclic) bond motifs is 1. The molecule has 1 saturated heterocycles. The highest BCUT2D eigenvalue weighted by Crippen LogP contribution is 2.41. The number of benzene rings is 1. The number of amides is 1. The topological polar surface area (TPSA) is 101 Å². The van der Waals surface area contributed by atoms with E-state index in [9.17, 15) is 14.7 Å². The highest BCUT2D eigenvalue weighted by molar-refractivity contribution is 5.79. The quantitative estimate of drug-likeness (QED) is 0.367. The van der Waals surface area contributed by atoms with Crippen LogP contribution in [0.2, 0.25) is 0 Å². The Morgan fingerprint density at radius 2 is 2.00 bits per heavy atom. The Bertz CT molecular complexity index is 1080. The van der Waals surface area contributed by atoms with Crippen LogP contribution in [0.25, 0.3) is 0 Å². The molecular weight excluding hydrogens is 480 g/mol. The molecule has 0 radical (unpaired) electrons. The molecular formula is C30H44N4O4. The maximum Gasteiger partial charge on any atom is 0.308 e. The smallest absolute Gasteiger partial charge is 0.308 e. The van der Waals surface area contributed by atoms with Crippen LogP contribution in [0.1, 0.15) is 61.8 Å². The summed E-state index contributed by atoms with van der Waals surface area (Å²) >= 11 is 0. The molecule has 0 saturated carbocycles. The van der Waals surface area contributed by atoms with Crippen LogP contribution in [-0.2, 0) is 29.5 Å². The molecule has 1 amide bonds. The number of carboxylic acids is 1. The first-order valence-corrected chi connectivity index (χ1v) is 14.2. The summed E-state index contributed by atoms with van der Waals surface area (Å²) in [5, 5.41) is 10.5. The summed E-state index contributed by atoms with van der Waals surface area (Å²) < 4.78 is 7.77. The van der Waals surface area contributed by atoms with Gasteiger partial charge in [-0.05, 0) is 68.0 Å². The number of nitrogens with zero attached hydrogens (tertiary/aromatic N) is 3. The van der Waals surface area contributed by atoms with Crippen LogP contribution >= 0.6 is 0 Å². The lowest BCUT2D eigenvalue weighted by molar-refractivity contribution is -0.143. The van der Waals surface area contributed by atoms with Gasteiger partial charge in [0.25, 0.3) is 0 Å². The lowest BCUT2D eigenvalue weighted by Crippen LogP contribution is -2.45. The molecule has 0 spiro atoms. The van der Waals surface area contributed by atoms with Crippen LogP contribution in [-0.4, -0.2) is 76.7 Å². The SMILES string of the molecule is CCCCN(CCCCN)C(=O)CN1C[C@H](c2ccc3c(c2)CCO3)C(C(=O)O)[C@@H]1CCc1cccn1C. The molecule has 208 valence electrons. The first-order chi connectivity index (χ1) is 18.4. The molecule has 0 bridgehead atoms. The van der Waals surface area contributed by atoms with Gasteiger partial charge in [0.1, 0.15) is 5.75 Å². The van der Waals surface area contributed by atoms with Gasteiger partial charge in [-0.1, -0.05) is 25.5 Å². The number of aliphatic carboxylic acids is 1. The fraction of sp³-hybridized carbons (Fsp3) is 0.600. The Morgan fingerprint density at radius 1 is 1.18 bits per heavy atom. The number of hydrogen-bond acceptors (Lipinski definition) is 5. The van der Waals surface area contributed by atoms with Crippen LogP contribution in [0.5, 0.6) is 5.75 Å². The number of rotatable bonds is 14. The highest BCUT2D eigenvalue weighted by atomic mass is 16.5. The zero-order chi connectivity index (χ0) is 27.1. The Morgan fingerprint density at radius 3 is 2.71 bits per heavy atom. The van der Waals surface area contributed by atoms with E-state index in [2.05, 4.69) is 28.5 Å². The lowest BCUT2D eigenvalue weighted by Gasteiger charge is -2.30. The van der Waals surface area contributed by atoms with Crippen molar-refractivity contribution in [2.75, 3.05) is 39.3 Å². The number of hydrogen-bond donors (Lipinski definition) is 2. The zero-order valence-corrected chi connectivity index (χ0v) is 23.0. The summed E-state index contributed by atoms with van der Waals surface area (Å²) in [6.45, 7) is 5.67. The van der Waals surface area contributed by atoms with Gasteiger partial charge in [-0.15, -0.1) is 0 Å². The summed E-state index contributed by atoms with van der Waals surface area (Å²) in [4.78, 5) is 30.5. The number of carbonyl (C=O) groups is 2. The van der Waals surface area contributed by atoms with Crippen LogP contribution in [0.3, 0.4) is 0 Å². The second kappa shape index (κ2) is 13.3. The van der Waals surface area contributed by atoms with E-state index in [0.717, 1.165) is 61.9 Å². The minimum atomic E-state index is -0.788. The molecule has 2 aliphatic rings. The van der Waals surface area contributed by atoms with E-state index in [1.807, 2.05) is 36.3 Å². The lowest BCUT2D eigenvalue weighted by atomic mass is 9.83. The third kappa shape index (κ3) is 6.59. The number of nitrogens with two attached hydrogens (primary N) is 1. The van der Waals surface area contributed by atoms with Crippen molar-refractivity contribution in [1.82, 2.24) is 14.4 Å². The molecule has 1 fully saturated rings. The van der Waals surface area contributed by atoms with Crippen molar-refractivity contribution in [3.63, 3.8) is 0 Å². The second-order valence-electron chi connectivity index (χ2n) is 10.8. The average molecular weight is 525 g/mol. The van der Waals surface area contributed by atoms with E-state index < -0.39 is 11.9 Å². The molecule has 3 atom stereocenters. The number of unbranched alkanes of at least 4 members (excludes halogenated alkanes) is 2. The van der Waals surface area contributed by atoms with E-state index in [1.165, 1.54) is 5.69 Å². The standard InChI is InChI=1S/C30H44N4O4/c1-3-4-16-33(17-6-5-14-31)28(35)21-34-20-25(22-9-12-27-23(19-22)13-18-38-27)29(30(36)37)26(34)11-10-24-8-7-15-32(24)2/h7-9,12,15,19,25-26,29H,3-6,10-11,13-14,16-18,20-21,31H2,1-2H3,(H,36,37)/t25-,26+,29?/m1/s1. The minimum Gasteiger partial charge on any atom is -0.493 e. The van der Waals surface area contributed by atoms with Gasteiger partial charge >= 0.3 is 5.97 Å². The molecule has 0 aliphatic carbocycles. The third-order valence-corrected chi connectivity index (χ3v) is 8.28. The van der Waals surface area contributed by atoms with E-state index in [-0.39, 0.29) is 24.4 Å². The average Bonchev–Trinajstić information content (AvgIpc) is 3.62. The minimum absolute atomic E-state index is 0.0893. The van der Waals surface area contributed by atoms with E-state index in [4.69, 9.17) is 10.5 Å². The highest BCUT2D eigenvalue weighted by Gasteiger charge is 2.47. The number of likely N-dealkylation sites (tertiary alicyclic amines) is 1. The summed E-state index contributed by atoms with van der Waals surface area (Å²) in [7, 11) is 2.02. The van der Waals surface area contributed by atoms with Crippen molar-refractivity contribution in [2.24, 2.45) is 18.7 Å². The molecule has 1 unspecified atom stereocenters. The van der Waals surface area contributed by atoms with Gasteiger partial charge in [-0.2, -0.15) is 0 Å². The molecule has 38 heavy (non-hydrogen) atoms. The molecule has 3 heterocycles. The molecule has 2 aliphatic heterocycles. The normalized spacial score (nSPS) is 20.9. The largest absolute Gasteiger partial charge is 0.493 e. The van der Waals surface area contributed by atoms with Crippen molar-refractivity contribution < 1.29 is 19.4 Å². The van der Waals surface area contributed by atoms with Gasteiger partial charge < -0.3 is 25.0 Å². The summed E-state index contributed by atoms with van der Waals surface area (Å²) in [5.74, 6) is -0.554. The van der Waals surface area contributed by atoms with Crippen molar-refractivity contribution in [3.05, 3.63) is 53.3 Å². The van der Waals surface area contributed by atoms with Crippen LogP contribution in [0.4, 0.5) is 0 Å². The Hall–Kier alpha value is -2.84. The van der Waals surface area contributed by atoms with Crippen LogP contribution in [0.15, 0.2) is 36.5 Å². The Labute approximate surface area is 226 Å². The predicted octanol–water partition coefficient (Wildman–Crippen LogP) is 3.43. The van der Waals surface area contributed by atoms with Crippen molar-refractivity contribution in [1.29, 1.82) is 0 Å². The maximum absolute atomic E-state index is 13.6. The molecule has 8 nitrogen and oxygen atoms in total. The van der Waals surface area contributed by atoms with Gasteiger partial charge in [0.05, 0.1) is 19.1 Å². The van der Waals surface area contributed by atoms with Gasteiger partial charge in [-0.3, -0.25) is 14.5 Å². The van der Waals surface area contributed by atoms with E-state index >= 15 is 0 Å². The molecule has 8 heteroatoms. The number of carbonyl (C=O) groups excluding carboxylic acids is 1. The first kappa shape index (κ1) is 28.2. The van der Waals surface area contributed by atoms with Gasteiger partial charge in [-0.25, -0.2) is 0 Å². The van der Waals surface area contributed by atoms with E-state index in [0.29, 0.717) is 32.7 Å². The summed E-state index contributed by atoms with van der Waals surface area (Å²) in [6, 6.07) is 10.0. The Kier molecular flexibility index (Phi) is 9.86. The van der Waals surface area contributed by atoms with Gasteiger partial charge in [0.15, 0.2) is 0 Å².